The van der Waals surface area contributed by atoms with Crippen molar-refractivity contribution in [1.29, 1.82) is 0 Å². The van der Waals surface area contributed by atoms with Gasteiger partial charge in [-0.15, -0.1) is 0 Å². The zero-order valence-electron chi connectivity index (χ0n) is 18.9. The Morgan fingerprint density at radius 3 is 2.23 bits per heavy atom. The van der Waals surface area contributed by atoms with Crippen molar-refractivity contribution in [1.82, 2.24) is 4.90 Å². The smallest absolute Gasteiger partial charge is 0.246 e. The highest BCUT2D eigenvalue weighted by atomic mass is 16.5. The molecule has 3 rings (SSSR count). The molecule has 6 heteroatoms. The molecule has 2 aromatic carbocycles. The van der Waals surface area contributed by atoms with Crippen LogP contribution in [0.25, 0.3) is 6.08 Å². The summed E-state index contributed by atoms with van der Waals surface area (Å²) >= 11 is 0. The minimum Gasteiger partial charge on any atom is -0.493 e. The molecule has 1 N–H and O–H groups in total. The Labute approximate surface area is 185 Å². The summed E-state index contributed by atoms with van der Waals surface area (Å²) in [4.78, 5) is 15.9. The van der Waals surface area contributed by atoms with Crippen LogP contribution in [0.5, 0.6) is 17.2 Å². The molecule has 0 bridgehead atoms. The number of benzene rings is 2. The highest BCUT2D eigenvalue weighted by Gasteiger charge is 2.25. The van der Waals surface area contributed by atoms with Gasteiger partial charge in [-0.3, -0.25) is 4.79 Å². The van der Waals surface area contributed by atoms with Gasteiger partial charge >= 0.3 is 0 Å². The molecule has 31 heavy (non-hydrogen) atoms. The molecule has 2 aromatic rings. The minimum atomic E-state index is 0.0716. The number of piperazine rings is 1. The van der Waals surface area contributed by atoms with Gasteiger partial charge < -0.3 is 24.0 Å². The molecule has 0 spiro atoms. The highest BCUT2D eigenvalue weighted by molar-refractivity contribution is 5.91. The van der Waals surface area contributed by atoms with Gasteiger partial charge in [0.15, 0.2) is 11.5 Å². The molecule has 0 aliphatic carbocycles. The minimum absolute atomic E-state index is 0.0716. The summed E-state index contributed by atoms with van der Waals surface area (Å²) < 4.78 is 16.5. The van der Waals surface area contributed by atoms with Crippen molar-refractivity contribution < 1.29 is 23.9 Å². The first kappa shape index (κ1) is 22.7. The fraction of sp³-hybridized carbons (Fsp3) is 0.400. The molecular formula is C25H33N2O4+. The third-order valence-electron chi connectivity index (χ3n) is 5.81. The maximum atomic E-state index is 12.6. The van der Waals surface area contributed by atoms with Gasteiger partial charge in [0.2, 0.25) is 11.7 Å². The molecule has 1 fully saturated rings. The van der Waals surface area contributed by atoms with Crippen molar-refractivity contribution >= 4 is 12.0 Å². The van der Waals surface area contributed by atoms with E-state index in [2.05, 4.69) is 31.2 Å². The monoisotopic (exact) mass is 425 g/mol. The zero-order valence-corrected chi connectivity index (χ0v) is 18.9. The predicted molar refractivity (Wildman–Crippen MR) is 122 cm³/mol. The van der Waals surface area contributed by atoms with Crippen LogP contribution in [0.2, 0.25) is 0 Å². The number of quaternary nitrogens is 1. The van der Waals surface area contributed by atoms with Crippen LogP contribution in [0.3, 0.4) is 0 Å². The Balaban J connectivity index is 1.57. The molecule has 1 heterocycles. The largest absolute Gasteiger partial charge is 0.493 e. The van der Waals surface area contributed by atoms with Crippen LogP contribution in [0.4, 0.5) is 0 Å². The van der Waals surface area contributed by atoms with Gasteiger partial charge in [-0.05, 0) is 35.8 Å². The molecular weight excluding hydrogens is 392 g/mol. The van der Waals surface area contributed by atoms with Crippen LogP contribution in [0.15, 0.2) is 42.5 Å². The molecule has 1 saturated heterocycles. The van der Waals surface area contributed by atoms with Gasteiger partial charge in [-0.2, -0.15) is 0 Å². The molecule has 0 aromatic heterocycles. The van der Waals surface area contributed by atoms with E-state index in [0.29, 0.717) is 17.2 Å². The van der Waals surface area contributed by atoms with Crippen molar-refractivity contribution in [3.05, 3.63) is 59.2 Å². The van der Waals surface area contributed by atoms with Crippen LogP contribution in [-0.2, 0) is 17.8 Å². The lowest BCUT2D eigenvalue weighted by molar-refractivity contribution is -0.917. The first-order valence-electron chi connectivity index (χ1n) is 10.8. The van der Waals surface area contributed by atoms with Crippen molar-refractivity contribution in [2.45, 2.75) is 19.9 Å². The normalized spacial score (nSPS) is 14.6. The van der Waals surface area contributed by atoms with Crippen LogP contribution in [0.1, 0.15) is 23.6 Å². The quantitative estimate of drug-likeness (QED) is 0.659. The average molecular weight is 426 g/mol. The topological polar surface area (TPSA) is 52.4 Å². The van der Waals surface area contributed by atoms with Crippen molar-refractivity contribution in [2.24, 2.45) is 0 Å². The van der Waals surface area contributed by atoms with Gasteiger partial charge in [0.25, 0.3) is 0 Å². The molecule has 0 saturated carbocycles. The molecule has 1 aliphatic rings. The first-order valence-corrected chi connectivity index (χ1v) is 10.8. The number of ether oxygens (including phenoxy) is 3. The van der Waals surface area contributed by atoms with Gasteiger partial charge in [-0.1, -0.05) is 31.2 Å². The Bertz CT molecular complexity index is 900. The number of nitrogens with one attached hydrogen (secondary N) is 1. The lowest BCUT2D eigenvalue weighted by Crippen LogP contribution is -3.13. The summed E-state index contributed by atoms with van der Waals surface area (Å²) in [6.45, 7) is 6.21. The van der Waals surface area contributed by atoms with Crippen molar-refractivity contribution in [3.63, 3.8) is 0 Å². The Hall–Kier alpha value is -2.99. The third-order valence-corrected chi connectivity index (χ3v) is 5.81. The second-order valence-electron chi connectivity index (χ2n) is 7.67. The van der Waals surface area contributed by atoms with E-state index in [1.807, 2.05) is 23.1 Å². The summed E-state index contributed by atoms with van der Waals surface area (Å²) in [5.41, 5.74) is 3.43. The van der Waals surface area contributed by atoms with E-state index in [0.717, 1.165) is 50.3 Å². The third kappa shape index (κ3) is 5.58. The number of amides is 1. The number of carbonyl (C=O) groups excluding carboxylic acids is 1. The number of nitrogens with zero attached hydrogens (tertiary/aromatic N) is 1. The fourth-order valence-electron chi connectivity index (χ4n) is 3.93. The predicted octanol–water partition coefficient (Wildman–Crippen LogP) is 2.22. The van der Waals surface area contributed by atoms with Crippen LogP contribution >= 0.6 is 0 Å². The lowest BCUT2D eigenvalue weighted by atomic mass is 10.1. The van der Waals surface area contributed by atoms with Crippen molar-refractivity contribution in [3.8, 4) is 17.2 Å². The van der Waals surface area contributed by atoms with E-state index in [-0.39, 0.29) is 5.91 Å². The van der Waals surface area contributed by atoms with Gasteiger partial charge in [0.05, 0.1) is 53.1 Å². The first-order chi connectivity index (χ1) is 15.1. The number of rotatable bonds is 8. The summed E-state index contributed by atoms with van der Waals surface area (Å²) in [7, 11) is 4.88. The van der Waals surface area contributed by atoms with E-state index in [1.54, 1.807) is 27.4 Å². The van der Waals surface area contributed by atoms with Gasteiger partial charge in [0.1, 0.15) is 6.54 Å². The molecule has 0 atom stereocenters. The van der Waals surface area contributed by atoms with E-state index >= 15 is 0 Å². The fourth-order valence-corrected chi connectivity index (χ4v) is 3.93. The van der Waals surface area contributed by atoms with E-state index in [4.69, 9.17) is 14.2 Å². The van der Waals surface area contributed by atoms with Gasteiger partial charge in [0, 0.05) is 6.08 Å². The number of methoxy groups -OCH3 is 3. The number of aryl methyl sites for hydroxylation is 1. The number of carbonyl (C=O) groups is 1. The van der Waals surface area contributed by atoms with Crippen LogP contribution < -0.4 is 19.1 Å². The molecule has 6 nitrogen and oxygen atoms in total. The summed E-state index contributed by atoms with van der Waals surface area (Å²) in [6.07, 6.45) is 4.60. The second-order valence-corrected chi connectivity index (χ2v) is 7.67. The number of hydrogen-bond donors (Lipinski definition) is 1. The molecule has 166 valence electrons. The van der Waals surface area contributed by atoms with E-state index < -0.39 is 0 Å². The standard InChI is InChI=1S/C25H32N2O4/c1-5-19-6-8-20(9-7-19)10-13-23(28)27-16-14-26(15-17-27)18-21-11-12-22(29-2)25(31-4)24(21)30-3/h6-13H,5,14-18H2,1-4H3/p+1/b13-10+. The van der Waals surface area contributed by atoms with E-state index in [1.165, 1.54) is 10.5 Å². The zero-order chi connectivity index (χ0) is 22.2. The summed E-state index contributed by atoms with van der Waals surface area (Å²) in [6, 6.07) is 12.3. The molecule has 1 aliphatic heterocycles. The average Bonchev–Trinajstić information content (AvgIpc) is 2.82. The van der Waals surface area contributed by atoms with E-state index in [9.17, 15) is 4.79 Å². The van der Waals surface area contributed by atoms with Gasteiger partial charge in [-0.25, -0.2) is 0 Å². The Morgan fingerprint density at radius 2 is 1.65 bits per heavy atom. The van der Waals surface area contributed by atoms with Crippen LogP contribution in [-0.4, -0.2) is 58.3 Å². The lowest BCUT2D eigenvalue weighted by Gasteiger charge is -2.32. The molecule has 1 amide bonds. The van der Waals surface area contributed by atoms with Crippen molar-refractivity contribution in [2.75, 3.05) is 47.5 Å². The van der Waals surface area contributed by atoms with Crippen LogP contribution in [0, 0.1) is 0 Å². The highest BCUT2D eigenvalue weighted by Crippen LogP contribution is 2.39. The Morgan fingerprint density at radius 1 is 0.968 bits per heavy atom. The summed E-state index contributed by atoms with van der Waals surface area (Å²) in [5, 5.41) is 0. The Kier molecular flexibility index (Phi) is 7.95. The number of hydrogen-bond acceptors (Lipinski definition) is 4. The SMILES string of the molecule is CCc1ccc(/C=C/C(=O)N2CC[NH+](Cc3ccc(OC)c(OC)c3OC)CC2)cc1. The maximum Gasteiger partial charge on any atom is 0.246 e. The second kappa shape index (κ2) is 10.9. The molecule has 0 unspecified atom stereocenters. The molecule has 0 radical (unpaired) electrons. The summed E-state index contributed by atoms with van der Waals surface area (Å²) in [5.74, 6) is 2.06. The maximum absolute atomic E-state index is 12.6.